The van der Waals surface area contributed by atoms with Crippen LogP contribution in [0.5, 0.6) is 0 Å². The van der Waals surface area contributed by atoms with Crippen LogP contribution in [-0.2, 0) is 16.6 Å². The average Bonchev–Trinajstić information content (AvgIpc) is 3.15. The molecule has 27 heavy (non-hydrogen) atoms. The number of aromatic carboxylic acids is 1. The van der Waals surface area contributed by atoms with Gasteiger partial charge < -0.3 is 14.4 Å². The zero-order chi connectivity index (χ0) is 19.8. The van der Waals surface area contributed by atoms with Crippen LogP contribution >= 0.6 is 0 Å². The fraction of sp³-hybridized carbons (Fsp3) is 0.333. The minimum Gasteiger partial charge on any atom is -0.478 e. The van der Waals surface area contributed by atoms with Crippen LogP contribution in [0, 0.1) is 6.92 Å². The van der Waals surface area contributed by atoms with Gasteiger partial charge in [-0.15, -0.1) is 0 Å². The number of nitrogens with zero attached hydrogens (tertiary/aromatic N) is 2. The molecule has 2 aromatic rings. The average molecular weight is 392 g/mol. The van der Waals surface area contributed by atoms with Crippen LogP contribution in [0.2, 0.25) is 0 Å². The van der Waals surface area contributed by atoms with Crippen LogP contribution < -0.4 is 4.31 Å². The van der Waals surface area contributed by atoms with E-state index in [9.17, 15) is 18.0 Å². The maximum absolute atomic E-state index is 12.6. The van der Waals surface area contributed by atoms with Gasteiger partial charge >= 0.3 is 5.97 Å². The van der Waals surface area contributed by atoms with Crippen molar-refractivity contribution in [3.05, 3.63) is 53.0 Å². The summed E-state index contributed by atoms with van der Waals surface area (Å²) < 4.78 is 30.7. The number of rotatable bonds is 5. The topological polar surface area (TPSA) is 108 Å². The van der Waals surface area contributed by atoms with E-state index in [0.717, 1.165) is 0 Å². The standard InChI is InChI=1S/C18H20N2O6S/c1-12-16(18(22)23)10-15(26-12)11-19(2)17(21)13-4-6-14(7-5-13)20-8-3-9-27(20,24)25/h4-7,10H,3,8-9,11H2,1-2H3,(H,22,23). The Balaban J connectivity index is 1.72. The molecule has 9 heteroatoms. The molecule has 0 saturated carbocycles. The van der Waals surface area contributed by atoms with Crippen molar-refractivity contribution in [2.24, 2.45) is 0 Å². The number of hydrogen-bond donors (Lipinski definition) is 1. The number of amides is 1. The van der Waals surface area contributed by atoms with Gasteiger partial charge in [0.05, 0.1) is 18.0 Å². The maximum atomic E-state index is 12.6. The lowest BCUT2D eigenvalue weighted by Gasteiger charge is -2.19. The molecule has 1 aromatic heterocycles. The summed E-state index contributed by atoms with van der Waals surface area (Å²) in [5.74, 6) is -0.562. The van der Waals surface area contributed by atoms with E-state index in [-0.39, 0.29) is 29.5 Å². The van der Waals surface area contributed by atoms with Gasteiger partial charge in [-0.3, -0.25) is 9.10 Å². The molecule has 0 radical (unpaired) electrons. The van der Waals surface area contributed by atoms with E-state index >= 15 is 0 Å². The Labute approximate surface area is 157 Å². The van der Waals surface area contributed by atoms with Gasteiger partial charge in [0, 0.05) is 19.2 Å². The third kappa shape index (κ3) is 3.82. The predicted molar refractivity (Wildman–Crippen MR) is 98.4 cm³/mol. The van der Waals surface area contributed by atoms with Crippen LogP contribution in [0.25, 0.3) is 0 Å². The first kappa shape index (κ1) is 19.0. The highest BCUT2D eigenvalue weighted by Gasteiger charge is 2.28. The van der Waals surface area contributed by atoms with Gasteiger partial charge in [0.15, 0.2) is 0 Å². The van der Waals surface area contributed by atoms with Gasteiger partial charge in [0.25, 0.3) is 5.91 Å². The summed E-state index contributed by atoms with van der Waals surface area (Å²) in [5, 5.41) is 9.07. The molecule has 2 heterocycles. The van der Waals surface area contributed by atoms with E-state index in [4.69, 9.17) is 9.52 Å². The van der Waals surface area contributed by atoms with Crippen molar-refractivity contribution in [1.82, 2.24) is 4.90 Å². The van der Waals surface area contributed by atoms with E-state index in [1.165, 1.54) is 15.3 Å². The molecule has 1 aromatic carbocycles. The summed E-state index contributed by atoms with van der Waals surface area (Å²) in [5.41, 5.74) is 1.01. The summed E-state index contributed by atoms with van der Waals surface area (Å²) in [6, 6.07) is 7.80. The second-order valence-corrected chi connectivity index (χ2v) is 8.45. The molecule has 8 nitrogen and oxygen atoms in total. The number of aryl methyl sites for hydroxylation is 1. The van der Waals surface area contributed by atoms with Crippen LogP contribution in [-0.4, -0.2) is 49.6 Å². The van der Waals surface area contributed by atoms with Gasteiger partial charge in [0.2, 0.25) is 10.0 Å². The minimum absolute atomic E-state index is 0.0713. The van der Waals surface area contributed by atoms with Crippen molar-refractivity contribution in [2.45, 2.75) is 19.9 Å². The summed E-state index contributed by atoms with van der Waals surface area (Å²) >= 11 is 0. The lowest BCUT2D eigenvalue weighted by molar-refractivity contribution is 0.0694. The summed E-state index contributed by atoms with van der Waals surface area (Å²) in [4.78, 5) is 25.1. The fourth-order valence-corrected chi connectivity index (χ4v) is 4.62. The van der Waals surface area contributed by atoms with Crippen molar-refractivity contribution in [1.29, 1.82) is 0 Å². The van der Waals surface area contributed by atoms with Crippen LogP contribution in [0.3, 0.4) is 0 Å². The number of anilines is 1. The molecule has 0 unspecified atom stereocenters. The highest BCUT2D eigenvalue weighted by molar-refractivity contribution is 7.93. The Morgan fingerprint density at radius 2 is 1.93 bits per heavy atom. The number of benzene rings is 1. The SMILES string of the molecule is Cc1oc(CN(C)C(=O)c2ccc(N3CCCS3(=O)=O)cc2)cc1C(=O)O. The molecule has 1 aliphatic rings. The molecule has 0 bridgehead atoms. The Hall–Kier alpha value is -2.81. The Kier molecular flexibility index (Phi) is 4.97. The lowest BCUT2D eigenvalue weighted by Crippen LogP contribution is -2.27. The Morgan fingerprint density at radius 3 is 2.44 bits per heavy atom. The van der Waals surface area contributed by atoms with E-state index in [1.54, 1.807) is 38.2 Å². The molecular weight excluding hydrogens is 372 g/mol. The molecular formula is C18H20N2O6S. The number of carboxylic acid groups (broad SMARTS) is 1. The summed E-state index contributed by atoms with van der Waals surface area (Å²) in [7, 11) is -1.68. The minimum atomic E-state index is -3.26. The largest absolute Gasteiger partial charge is 0.478 e. The third-order valence-corrected chi connectivity index (χ3v) is 6.31. The molecule has 1 amide bonds. The van der Waals surface area contributed by atoms with Crippen LogP contribution in [0.4, 0.5) is 5.69 Å². The van der Waals surface area contributed by atoms with Gasteiger partial charge in [-0.2, -0.15) is 0 Å². The number of furan rings is 1. The molecule has 1 saturated heterocycles. The van der Waals surface area contributed by atoms with Crippen molar-refractivity contribution < 1.29 is 27.5 Å². The molecule has 1 aliphatic heterocycles. The van der Waals surface area contributed by atoms with Crippen molar-refractivity contribution in [3.63, 3.8) is 0 Å². The van der Waals surface area contributed by atoms with E-state index < -0.39 is 16.0 Å². The van der Waals surface area contributed by atoms with Crippen LogP contribution in [0.1, 0.15) is 38.7 Å². The molecule has 3 rings (SSSR count). The first-order valence-electron chi connectivity index (χ1n) is 8.37. The summed E-state index contributed by atoms with van der Waals surface area (Å²) in [6.45, 7) is 2.12. The number of hydrogen-bond acceptors (Lipinski definition) is 5. The van der Waals surface area contributed by atoms with Gasteiger partial charge in [-0.25, -0.2) is 13.2 Å². The lowest BCUT2D eigenvalue weighted by atomic mass is 10.1. The van der Waals surface area contributed by atoms with Crippen molar-refractivity contribution in [3.8, 4) is 0 Å². The smallest absolute Gasteiger partial charge is 0.339 e. The first-order chi connectivity index (χ1) is 12.7. The molecule has 144 valence electrons. The molecule has 1 N–H and O–H groups in total. The highest BCUT2D eigenvalue weighted by Crippen LogP contribution is 2.24. The normalized spacial score (nSPS) is 15.7. The monoisotopic (exact) mass is 392 g/mol. The molecule has 0 atom stereocenters. The van der Waals surface area contributed by atoms with E-state index in [2.05, 4.69) is 0 Å². The maximum Gasteiger partial charge on any atom is 0.339 e. The number of carbonyl (C=O) groups excluding carboxylic acids is 1. The Morgan fingerprint density at radius 1 is 1.26 bits per heavy atom. The van der Waals surface area contributed by atoms with Crippen LogP contribution in [0.15, 0.2) is 34.7 Å². The second-order valence-electron chi connectivity index (χ2n) is 6.44. The van der Waals surface area contributed by atoms with Gasteiger partial charge in [-0.05, 0) is 43.7 Å². The highest BCUT2D eigenvalue weighted by atomic mass is 32.2. The zero-order valence-corrected chi connectivity index (χ0v) is 15.8. The number of carboxylic acids is 1. The number of sulfonamides is 1. The van der Waals surface area contributed by atoms with Crippen molar-refractivity contribution >= 4 is 27.6 Å². The zero-order valence-electron chi connectivity index (χ0n) is 15.0. The Bertz CT molecular complexity index is 978. The molecule has 0 aliphatic carbocycles. The van der Waals surface area contributed by atoms with Gasteiger partial charge in [-0.1, -0.05) is 0 Å². The first-order valence-corrected chi connectivity index (χ1v) is 9.98. The quantitative estimate of drug-likeness (QED) is 0.835. The van der Waals surface area contributed by atoms with Crippen molar-refractivity contribution in [2.75, 3.05) is 23.7 Å². The van der Waals surface area contributed by atoms with Gasteiger partial charge in [0.1, 0.15) is 17.1 Å². The molecule has 1 fully saturated rings. The summed E-state index contributed by atoms with van der Waals surface area (Å²) in [6.07, 6.45) is 0.590. The van der Waals surface area contributed by atoms with E-state index in [1.807, 2.05) is 0 Å². The second kappa shape index (κ2) is 7.07. The van der Waals surface area contributed by atoms with E-state index in [0.29, 0.717) is 30.0 Å². The number of carbonyl (C=O) groups is 2. The fourth-order valence-electron chi connectivity index (χ4n) is 3.06. The third-order valence-electron chi connectivity index (χ3n) is 4.44. The predicted octanol–water partition coefficient (Wildman–Crippen LogP) is 2.10. The molecule has 0 spiro atoms.